The van der Waals surface area contributed by atoms with E-state index in [0.717, 1.165) is 18.7 Å². The summed E-state index contributed by atoms with van der Waals surface area (Å²) < 4.78 is 0. The largest absolute Gasteiger partial charge is 0.326 e. The number of pyridine rings is 1. The Balaban J connectivity index is 2.88. The Morgan fingerprint density at radius 2 is 2.35 bits per heavy atom. The van der Waals surface area contributed by atoms with Crippen molar-refractivity contribution in [2.75, 3.05) is 13.1 Å². The van der Waals surface area contributed by atoms with Crippen molar-refractivity contribution in [3.63, 3.8) is 0 Å². The van der Waals surface area contributed by atoms with Crippen LogP contribution < -0.4 is 5.73 Å². The van der Waals surface area contributed by atoms with Crippen LogP contribution in [0, 0.1) is 11.3 Å². The monoisotopic (exact) mass is 232 g/mol. The highest BCUT2D eigenvalue weighted by Crippen LogP contribution is 2.22. The Kier molecular flexibility index (Phi) is 5.61. The SMILES string of the molecule is CCN(CCC#N)C(c1cccnc1)C(C)N. The third-order valence-electron chi connectivity index (χ3n) is 2.83. The van der Waals surface area contributed by atoms with Gasteiger partial charge >= 0.3 is 0 Å². The molecule has 2 atom stereocenters. The molecule has 17 heavy (non-hydrogen) atoms. The standard InChI is InChI=1S/C13H20N4/c1-3-17(9-5-7-14)13(11(2)15)12-6-4-8-16-10-12/h4,6,8,10-11,13H,3,5,9,15H2,1-2H3. The summed E-state index contributed by atoms with van der Waals surface area (Å²) in [5.74, 6) is 0. The van der Waals surface area contributed by atoms with Crippen molar-refractivity contribution < 1.29 is 0 Å². The predicted molar refractivity (Wildman–Crippen MR) is 68.1 cm³/mol. The predicted octanol–water partition coefficient (Wildman–Crippen LogP) is 1.71. The topological polar surface area (TPSA) is 65.9 Å². The highest BCUT2D eigenvalue weighted by Gasteiger charge is 2.22. The van der Waals surface area contributed by atoms with E-state index in [-0.39, 0.29) is 12.1 Å². The van der Waals surface area contributed by atoms with Crippen LogP contribution in [0.25, 0.3) is 0 Å². The first-order valence-corrected chi connectivity index (χ1v) is 5.97. The van der Waals surface area contributed by atoms with Gasteiger partial charge in [0.15, 0.2) is 0 Å². The van der Waals surface area contributed by atoms with E-state index in [9.17, 15) is 0 Å². The zero-order valence-corrected chi connectivity index (χ0v) is 10.5. The average Bonchev–Trinajstić information content (AvgIpc) is 2.35. The minimum atomic E-state index is 0.0119. The summed E-state index contributed by atoms with van der Waals surface area (Å²) in [5, 5.41) is 8.68. The third kappa shape index (κ3) is 3.81. The number of aromatic nitrogens is 1. The normalized spacial score (nSPS) is 14.3. The number of nitrogens with two attached hydrogens (primary N) is 1. The van der Waals surface area contributed by atoms with Crippen LogP contribution in [-0.2, 0) is 0 Å². The van der Waals surface area contributed by atoms with Gasteiger partial charge in [0.05, 0.1) is 12.1 Å². The first-order chi connectivity index (χ1) is 8.20. The van der Waals surface area contributed by atoms with Crippen LogP contribution in [0.2, 0.25) is 0 Å². The van der Waals surface area contributed by atoms with Crippen molar-refractivity contribution in [2.45, 2.75) is 32.4 Å². The van der Waals surface area contributed by atoms with Gasteiger partial charge in [-0.25, -0.2) is 0 Å². The second kappa shape index (κ2) is 7.00. The van der Waals surface area contributed by atoms with E-state index in [1.807, 2.05) is 25.3 Å². The van der Waals surface area contributed by atoms with E-state index in [0.29, 0.717) is 6.42 Å². The second-order valence-electron chi connectivity index (χ2n) is 4.13. The van der Waals surface area contributed by atoms with Crippen molar-refractivity contribution >= 4 is 0 Å². The van der Waals surface area contributed by atoms with E-state index in [2.05, 4.69) is 22.9 Å². The van der Waals surface area contributed by atoms with E-state index >= 15 is 0 Å². The number of nitrogens with zero attached hydrogens (tertiary/aromatic N) is 3. The summed E-state index contributed by atoms with van der Waals surface area (Å²) in [6.07, 6.45) is 4.13. The van der Waals surface area contributed by atoms with Crippen LogP contribution in [0.5, 0.6) is 0 Å². The number of rotatable bonds is 6. The molecule has 2 unspecified atom stereocenters. The van der Waals surface area contributed by atoms with Gasteiger partial charge < -0.3 is 5.73 Å². The van der Waals surface area contributed by atoms with Crippen molar-refractivity contribution in [1.82, 2.24) is 9.88 Å². The molecule has 0 radical (unpaired) electrons. The number of hydrogen-bond donors (Lipinski definition) is 1. The minimum absolute atomic E-state index is 0.0119. The van der Waals surface area contributed by atoms with Gasteiger partial charge in [-0.05, 0) is 25.1 Å². The highest BCUT2D eigenvalue weighted by atomic mass is 15.2. The Labute approximate surface area is 103 Å². The van der Waals surface area contributed by atoms with Crippen LogP contribution in [0.4, 0.5) is 0 Å². The van der Waals surface area contributed by atoms with Crippen LogP contribution in [0.15, 0.2) is 24.5 Å². The lowest BCUT2D eigenvalue weighted by Crippen LogP contribution is -2.40. The van der Waals surface area contributed by atoms with Crippen molar-refractivity contribution in [3.05, 3.63) is 30.1 Å². The van der Waals surface area contributed by atoms with Gasteiger partial charge in [-0.3, -0.25) is 9.88 Å². The first-order valence-electron chi connectivity index (χ1n) is 5.97. The van der Waals surface area contributed by atoms with E-state index in [1.165, 1.54) is 0 Å². The van der Waals surface area contributed by atoms with Gasteiger partial charge in [0.1, 0.15) is 0 Å². The Hall–Kier alpha value is -1.44. The summed E-state index contributed by atoms with van der Waals surface area (Å²) in [6, 6.07) is 6.28. The maximum Gasteiger partial charge on any atom is 0.0635 e. The number of likely N-dealkylation sites (N-methyl/N-ethyl adjacent to an activating group) is 1. The van der Waals surface area contributed by atoms with Crippen molar-refractivity contribution in [1.29, 1.82) is 5.26 Å². The van der Waals surface area contributed by atoms with Crippen LogP contribution >= 0.6 is 0 Å². The van der Waals surface area contributed by atoms with Gasteiger partial charge in [0.2, 0.25) is 0 Å². The lowest BCUT2D eigenvalue weighted by Gasteiger charge is -2.33. The highest BCUT2D eigenvalue weighted by molar-refractivity contribution is 5.16. The molecule has 0 amide bonds. The molecular formula is C13H20N4. The molecule has 92 valence electrons. The minimum Gasteiger partial charge on any atom is -0.326 e. The fraction of sp³-hybridized carbons (Fsp3) is 0.538. The molecule has 1 aromatic heterocycles. The molecule has 1 rings (SSSR count). The molecule has 0 bridgehead atoms. The van der Waals surface area contributed by atoms with Crippen LogP contribution in [0.1, 0.15) is 31.9 Å². The van der Waals surface area contributed by atoms with Gasteiger partial charge in [-0.2, -0.15) is 5.26 Å². The summed E-state index contributed by atoms with van der Waals surface area (Å²) in [6.45, 7) is 5.70. The molecule has 0 fully saturated rings. The van der Waals surface area contributed by atoms with E-state index in [1.54, 1.807) is 6.20 Å². The molecule has 0 aliphatic rings. The quantitative estimate of drug-likeness (QED) is 0.810. The van der Waals surface area contributed by atoms with Gasteiger partial charge in [0.25, 0.3) is 0 Å². The maximum absolute atomic E-state index is 8.68. The van der Waals surface area contributed by atoms with Crippen molar-refractivity contribution in [3.8, 4) is 6.07 Å². The maximum atomic E-state index is 8.68. The lowest BCUT2D eigenvalue weighted by molar-refractivity contribution is 0.189. The number of nitriles is 1. The third-order valence-corrected chi connectivity index (χ3v) is 2.83. The molecular weight excluding hydrogens is 212 g/mol. The molecule has 1 heterocycles. The van der Waals surface area contributed by atoms with Gasteiger partial charge in [-0.1, -0.05) is 13.0 Å². The van der Waals surface area contributed by atoms with Crippen molar-refractivity contribution in [2.24, 2.45) is 5.73 Å². The summed E-state index contributed by atoms with van der Waals surface area (Å²) >= 11 is 0. The Bertz CT molecular complexity index is 355. The Morgan fingerprint density at radius 1 is 1.59 bits per heavy atom. The molecule has 0 aromatic carbocycles. The molecule has 1 aromatic rings. The molecule has 2 N–H and O–H groups in total. The molecule has 0 aliphatic carbocycles. The molecule has 4 heteroatoms. The zero-order valence-electron chi connectivity index (χ0n) is 10.5. The smallest absolute Gasteiger partial charge is 0.0635 e. The summed E-state index contributed by atoms with van der Waals surface area (Å²) in [7, 11) is 0. The molecule has 0 aliphatic heterocycles. The molecule has 0 saturated carbocycles. The van der Waals surface area contributed by atoms with Crippen LogP contribution in [-0.4, -0.2) is 29.0 Å². The second-order valence-corrected chi connectivity index (χ2v) is 4.13. The molecule has 0 spiro atoms. The summed E-state index contributed by atoms with van der Waals surface area (Å²) in [4.78, 5) is 6.36. The first kappa shape index (κ1) is 13.6. The van der Waals surface area contributed by atoms with E-state index < -0.39 is 0 Å². The van der Waals surface area contributed by atoms with Gasteiger partial charge in [0, 0.05) is 31.4 Å². The fourth-order valence-electron chi connectivity index (χ4n) is 2.09. The molecule has 4 nitrogen and oxygen atoms in total. The number of hydrogen-bond acceptors (Lipinski definition) is 4. The van der Waals surface area contributed by atoms with E-state index in [4.69, 9.17) is 11.0 Å². The summed E-state index contributed by atoms with van der Waals surface area (Å²) in [5.41, 5.74) is 7.18. The fourth-order valence-corrected chi connectivity index (χ4v) is 2.09. The van der Waals surface area contributed by atoms with Crippen LogP contribution in [0.3, 0.4) is 0 Å². The zero-order chi connectivity index (χ0) is 12.7. The molecule has 0 saturated heterocycles. The average molecular weight is 232 g/mol. The lowest BCUT2D eigenvalue weighted by atomic mass is 10.0. The van der Waals surface area contributed by atoms with Gasteiger partial charge in [-0.15, -0.1) is 0 Å². The Morgan fingerprint density at radius 3 is 2.82 bits per heavy atom.